The lowest BCUT2D eigenvalue weighted by Gasteiger charge is -2.09. The molecule has 4 nitrogen and oxygen atoms in total. The van der Waals surface area contributed by atoms with Crippen LogP contribution in [0.2, 0.25) is 0 Å². The van der Waals surface area contributed by atoms with E-state index in [4.69, 9.17) is 0 Å². The van der Waals surface area contributed by atoms with Crippen molar-refractivity contribution in [2.45, 2.75) is 0 Å². The number of aromatic nitrogens is 3. The third-order valence-corrected chi connectivity index (χ3v) is 3.86. The number of fused-ring (bicyclic) bond motifs is 3. The van der Waals surface area contributed by atoms with Crippen molar-refractivity contribution in [2.24, 2.45) is 0 Å². The molecule has 102 valence electrons. The zero-order chi connectivity index (χ0) is 14.2. The van der Waals surface area contributed by atoms with Gasteiger partial charge >= 0.3 is 0 Å². The molecule has 0 saturated heterocycles. The number of hydrogen-bond donors (Lipinski definition) is 1. The molecular formula is C16H11BrN4. The molecule has 0 saturated carbocycles. The summed E-state index contributed by atoms with van der Waals surface area (Å²) < 4.78 is 3.09. The Balaban J connectivity index is 1.90. The summed E-state index contributed by atoms with van der Waals surface area (Å²) in [5, 5.41) is 3.34. The van der Waals surface area contributed by atoms with Crippen LogP contribution in [0.25, 0.3) is 16.7 Å². The number of benzene rings is 2. The van der Waals surface area contributed by atoms with Crippen LogP contribution in [0, 0.1) is 0 Å². The summed E-state index contributed by atoms with van der Waals surface area (Å²) in [5.74, 6) is 0.751. The SMILES string of the molecule is Brc1ccc(Nc2nc3ccccc3n3ccnc23)cc1. The van der Waals surface area contributed by atoms with Crippen LogP contribution in [0.3, 0.4) is 0 Å². The van der Waals surface area contributed by atoms with Gasteiger partial charge in [0.05, 0.1) is 11.0 Å². The normalized spacial score (nSPS) is 11.1. The van der Waals surface area contributed by atoms with E-state index in [1.54, 1.807) is 6.20 Å². The highest BCUT2D eigenvalue weighted by molar-refractivity contribution is 9.10. The molecule has 0 fully saturated rings. The molecule has 2 aromatic carbocycles. The Labute approximate surface area is 129 Å². The maximum Gasteiger partial charge on any atom is 0.180 e. The average Bonchev–Trinajstić information content (AvgIpc) is 3.00. The summed E-state index contributed by atoms with van der Waals surface area (Å²) in [6.45, 7) is 0. The zero-order valence-electron chi connectivity index (χ0n) is 11.0. The van der Waals surface area contributed by atoms with Crippen LogP contribution in [-0.2, 0) is 0 Å². The third-order valence-electron chi connectivity index (χ3n) is 3.33. The highest BCUT2D eigenvalue weighted by atomic mass is 79.9. The van der Waals surface area contributed by atoms with Crippen molar-refractivity contribution >= 4 is 44.1 Å². The molecule has 0 unspecified atom stereocenters. The molecule has 2 aromatic heterocycles. The van der Waals surface area contributed by atoms with Crippen LogP contribution < -0.4 is 5.32 Å². The van der Waals surface area contributed by atoms with Gasteiger partial charge < -0.3 is 5.32 Å². The molecule has 0 amide bonds. The van der Waals surface area contributed by atoms with Gasteiger partial charge in [-0.25, -0.2) is 9.97 Å². The molecule has 0 aliphatic rings. The number of hydrogen-bond acceptors (Lipinski definition) is 3. The second kappa shape index (κ2) is 4.86. The molecular weight excluding hydrogens is 328 g/mol. The number of rotatable bonds is 2. The number of halogens is 1. The number of imidazole rings is 1. The van der Waals surface area contributed by atoms with Gasteiger partial charge in [-0.15, -0.1) is 0 Å². The second-order valence-corrected chi connectivity index (χ2v) is 5.62. The van der Waals surface area contributed by atoms with Gasteiger partial charge in [-0.2, -0.15) is 0 Å². The summed E-state index contributed by atoms with van der Waals surface area (Å²) in [5.41, 5.74) is 3.77. The summed E-state index contributed by atoms with van der Waals surface area (Å²) in [6.07, 6.45) is 3.74. The maximum absolute atomic E-state index is 4.69. The molecule has 0 aliphatic heterocycles. The van der Waals surface area contributed by atoms with Crippen LogP contribution in [0.1, 0.15) is 0 Å². The zero-order valence-corrected chi connectivity index (χ0v) is 12.6. The highest BCUT2D eigenvalue weighted by Gasteiger charge is 2.09. The molecule has 0 radical (unpaired) electrons. The first-order chi connectivity index (χ1) is 10.3. The first-order valence-electron chi connectivity index (χ1n) is 6.56. The van der Waals surface area contributed by atoms with Crippen LogP contribution >= 0.6 is 15.9 Å². The molecule has 0 spiro atoms. The molecule has 0 aliphatic carbocycles. The quantitative estimate of drug-likeness (QED) is 0.589. The Kier molecular flexibility index (Phi) is 2.86. The largest absolute Gasteiger partial charge is 0.337 e. The van der Waals surface area contributed by atoms with Crippen molar-refractivity contribution < 1.29 is 0 Å². The van der Waals surface area contributed by atoms with E-state index in [0.717, 1.165) is 32.7 Å². The monoisotopic (exact) mass is 338 g/mol. The smallest absolute Gasteiger partial charge is 0.180 e. The number of para-hydroxylation sites is 2. The van der Waals surface area contributed by atoms with Crippen molar-refractivity contribution in [3.63, 3.8) is 0 Å². The third kappa shape index (κ3) is 2.15. The highest BCUT2D eigenvalue weighted by Crippen LogP contribution is 2.24. The lowest BCUT2D eigenvalue weighted by atomic mass is 10.3. The fourth-order valence-electron chi connectivity index (χ4n) is 2.36. The van der Waals surface area contributed by atoms with Gasteiger partial charge in [-0.3, -0.25) is 4.40 Å². The minimum Gasteiger partial charge on any atom is -0.337 e. The minimum absolute atomic E-state index is 0.751. The molecule has 4 rings (SSSR count). The standard InChI is InChI=1S/C16H11BrN4/c17-11-5-7-12(8-6-11)19-15-16-18-9-10-21(16)14-4-2-1-3-13(14)20-15/h1-10H,(H,19,20). The van der Waals surface area contributed by atoms with Crippen molar-refractivity contribution in [3.8, 4) is 0 Å². The Morgan fingerprint density at radius 3 is 2.67 bits per heavy atom. The molecule has 1 N–H and O–H groups in total. The van der Waals surface area contributed by atoms with Gasteiger partial charge in [0.15, 0.2) is 11.5 Å². The molecule has 21 heavy (non-hydrogen) atoms. The fourth-order valence-corrected chi connectivity index (χ4v) is 2.62. The average molecular weight is 339 g/mol. The maximum atomic E-state index is 4.69. The van der Waals surface area contributed by atoms with Crippen LogP contribution in [0.15, 0.2) is 65.4 Å². The first kappa shape index (κ1) is 12.3. The molecule has 0 atom stereocenters. The van der Waals surface area contributed by atoms with E-state index >= 15 is 0 Å². The van der Waals surface area contributed by atoms with Crippen LogP contribution in [0.4, 0.5) is 11.5 Å². The number of nitrogens with zero attached hydrogens (tertiary/aromatic N) is 3. The van der Waals surface area contributed by atoms with E-state index in [0.29, 0.717) is 0 Å². The molecule has 4 aromatic rings. The van der Waals surface area contributed by atoms with Crippen molar-refractivity contribution in [2.75, 3.05) is 5.32 Å². The van der Waals surface area contributed by atoms with Gasteiger partial charge in [-0.05, 0) is 36.4 Å². The summed E-state index contributed by atoms with van der Waals surface area (Å²) in [7, 11) is 0. The van der Waals surface area contributed by atoms with Crippen LogP contribution in [0.5, 0.6) is 0 Å². The van der Waals surface area contributed by atoms with Gasteiger partial charge in [0.2, 0.25) is 0 Å². The number of anilines is 2. The van der Waals surface area contributed by atoms with E-state index < -0.39 is 0 Å². The predicted octanol–water partition coefficient (Wildman–Crippen LogP) is 4.39. The Morgan fingerprint density at radius 1 is 1.00 bits per heavy atom. The molecule has 0 bridgehead atoms. The molecule has 2 heterocycles. The van der Waals surface area contributed by atoms with E-state index in [1.807, 2.05) is 59.1 Å². The van der Waals surface area contributed by atoms with E-state index in [1.165, 1.54) is 0 Å². The van der Waals surface area contributed by atoms with E-state index in [9.17, 15) is 0 Å². The molecule has 5 heteroatoms. The second-order valence-electron chi connectivity index (χ2n) is 4.70. The van der Waals surface area contributed by atoms with Crippen molar-refractivity contribution in [1.82, 2.24) is 14.4 Å². The lowest BCUT2D eigenvalue weighted by Crippen LogP contribution is -1.99. The van der Waals surface area contributed by atoms with Gasteiger partial charge in [-0.1, -0.05) is 28.1 Å². The summed E-state index contributed by atoms with van der Waals surface area (Å²) in [4.78, 5) is 9.10. The van der Waals surface area contributed by atoms with Crippen LogP contribution in [-0.4, -0.2) is 14.4 Å². The number of nitrogens with one attached hydrogen (secondary N) is 1. The lowest BCUT2D eigenvalue weighted by molar-refractivity contribution is 1.21. The van der Waals surface area contributed by atoms with Crippen molar-refractivity contribution in [3.05, 3.63) is 65.4 Å². The first-order valence-corrected chi connectivity index (χ1v) is 7.35. The Bertz CT molecular complexity index is 928. The van der Waals surface area contributed by atoms with E-state index in [2.05, 4.69) is 31.2 Å². The topological polar surface area (TPSA) is 42.2 Å². The Hall–Kier alpha value is -2.40. The van der Waals surface area contributed by atoms with Gasteiger partial charge in [0, 0.05) is 22.6 Å². The van der Waals surface area contributed by atoms with Gasteiger partial charge in [0.1, 0.15) is 0 Å². The summed E-state index contributed by atoms with van der Waals surface area (Å²) >= 11 is 3.44. The van der Waals surface area contributed by atoms with Gasteiger partial charge in [0.25, 0.3) is 0 Å². The fraction of sp³-hybridized carbons (Fsp3) is 0. The van der Waals surface area contributed by atoms with Crippen molar-refractivity contribution in [1.29, 1.82) is 0 Å². The summed E-state index contributed by atoms with van der Waals surface area (Å²) in [6, 6.07) is 16.0. The minimum atomic E-state index is 0.751. The van der Waals surface area contributed by atoms with E-state index in [-0.39, 0.29) is 0 Å². The predicted molar refractivity (Wildman–Crippen MR) is 87.9 cm³/mol. The Morgan fingerprint density at radius 2 is 1.81 bits per heavy atom.